The maximum absolute atomic E-state index is 12.0. The van der Waals surface area contributed by atoms with Crippen molar-refractivity contribution in [3.8, 4) is 0 Å². The summed E-state index contributed by atoms with van der Waals surface area (Å²) >= 11 is 0. The Bertz CT molecular complexity index is 346. The van der Waals surface area contributed by atoms with Crippen LogP contribution < -0.4 is 5.32 Å². The molecule has 1 N–H and O–H groups in total. The van der Waals surface area contributed by atoms with E-state index >= 15 is 0 Å². The van der Waals surface area contributed by atoms with Gasteiger partial charge in [0.1, 0.15) is 5.60 Å². The molecule has 0 spiro atoms. The summed E-state index contributed by atoms with van der Waals surface area (Å²) in [5.74, 6) is 0. The number of hydrogen-bond acceptors (Lipinski definition) is 4. The van der Waals surface area contributed by atoms with Gasteiger partial charge >= 0.3 is 6.09 Å². The van der Waals surface area contributed by atoms with E-state index in [2.05, 4.69) is 17.1 Å². The molecule has 0 aliphatic carbocycles. The minimum Gasteiger partial charge on any atom is -0.444 e. The molecule has 0 aromatic carbocycles. The second-order valence-electron chi connectivity index (χ2n) is 7.29. The summed E-state index contributed by atoms with van der Waals surface area (Å²) < 4.78 is 5.44. The molecule has 0 aromatic rings. The van der Waals surface area contributed by atoms with Crippen molar-refractivity contribution < 1.29 is 9.53 Å². The van der Waals surface area contributed by atoms with E-state index < -0.39 is 5.60 Å². The summed E-state index contributed by atoms with van der Waals surface area (Å²) in [6.07, 6.45) is 3.30. The van der Waals surface area contributed by atoms with Crippen LogP contribution in [0, 0.1) is 0 Å². The van der Waals surface area contributed by atoms with Crippen molar-refractivity contribution in [2.75, 3.05) is 32.7 Å². The van der Waals surface area contributed by atoms with Gasteiger partial charge < -0.3 is 19.9 Å². The molecule has 5 heteroatoms. The lowest BCUT2D eigenvalue weighted by molar-refractivity contribution is 0.0289. The summed E-state index contributed by atoms with van der Waals surface area (Å²) in [6.45, 7) is 13.1. The quantitative estimate of drug-likeness (QED) is 0.866. The first kappa shape index (κ1) is 16.6. The fraction of sp³-hybridized carbons (Fsp3) is 0.938. The third-order valence-corrected chi connectivity index (χ3v) is 4.35. The van der Waals surface area contributed by atoms with Crippen LogP contribution in [0.1, 0.15) is 47.0 Å². The van der Waals surface area contributed by atoms with Gasteiger partial charge in [-0.25, -0.2) is 4.79 Å². The van der Waals surface area contributed by atoms with E-state index in [1.54, 1.807) is 0 Å². The third kappa shape index (κ3) is 5.15. The van der Waals surface area contributed by atoms with Gasteiger partial charge in [-0.05, 0) is 59.7 Å². The van der Waals surface area contributed by atoms with Crippen LogP contribution in [0.5, 0.6) is 0 Å². The Kier molecular flexibility index (Phi) is 5.49. The number of piperidine rings is 1. The predicted octanol–water partition coefficient (Wildman–Crippen LogP) is 2.07. The van der Waals surface area contributed by atoms with E-state index in [-0.39, 0.29) is 6.09 Å². The van der Waals surface area contributed by atoms with Gasteiger partial charge in [-0.3, -0.25) is 0 Å². The van der Waals surface area contributed by atoms with Crippen molar-refractivity contribution in [3.05, 3.63) is 0 Å². The number of carbonyl (C=O) groups excluding carboxylic acids is 1. The molecule has 2 rings (SSSR count). The zero-order chi connectivity index (χ0) is 15.5. The van der Waals surface area contributed by atoms with Crippen LogP contribution in [0.4, 0.5) is 4.79 Å². The molecule has 1 atom stereocenters. The average molecular weight is 297 g/mol. The molecular formula is C16H31N3O2. The molecule has 1 unspecified atom stereocenters. The first-order chi connectivity index (χ1) is 9.87. The van der Waals surface area contributed by atoms with Gasteiger partial charge in [0, 0.05) is 25.2 Å². The van der Waals surface area contributed by atoms with Crippen LogP contribution in [-0.4, -0.2) is 66.3 Å². The molecule has 2 aliphatic rings. The lowest BCUT2D eigenvalue weighted by atomic mass is 10.0. The van der Waals surface area contributed by atoms with E-state index in [9.17, 15) is 4.79 Å². The lowest BCUT2D eigenvalue weighted by Gasteiger charge is -2.33. The lowest BCUT2D eigenvalue weighted by Crippen LogP contribution is -2.47. The number of likely N-dealkylation sites (tertiary alicyclic amines) is 2. The number of rotatable bonds is 3. The van der Waals surface area contributed by atoms with Crippen molar-refractivity contribution in [2.45, 2.75) is 64.6 Å². The standard InChI is InChI=1S/C16H31N3O2/c1-5-18-9-6-13(7-10-18)17-14-8-11-19(12-14)15(20)21-16(2,3)4/h13-14,17H,5-12H2,1-4H3. The van der Waals surface area contributed by atoms with Gasteiger partial charge in [0.05, 0.1) is 0 Å². The molecule has 122 valence electrons. The number of amides is 1. The summed E-state index contributed by atoms with van der Waals surface area (Å²) in [6, 6.07) is 1.03. The highest BCUT2D eigenvalue weighted by atomic mass is 16.6. The Hall–Kier alpha value is -0.810. The molecule has 0 bridgehead atoms. The zero-order valence-corrected chi connectivity index (χ0v) is 14.0. The monoisotopic (exact) mass is 297 g/mol. The van der Waals surface area contributed by atoms with Gasteiger partial charge in [0.25, 0.3) is 0 Å². The highest BCUT2D eigenvalue weighted by Gasteiger charge is 2.31. The summed E-state index contributed by atoms with van der Waals surface area (Å²) in [5.41, 5.74) is -0.407. The SMILES string of the molecule is CCN1CCC(NC2CCN(C(=O)OC(C)(C)C)C2)CC1. The fourth-order valence-corrected chi connectivity index (χ4v) is 3.14. The summed E-state index contributed by atoms with van der Waals surface area (Å²) in [7, 11) is 0. The van der Waals surface area contributed by atoms with Gasteiger partial charge in [-0.15, -0.1) is 0 Å². The second-order valence-corrected chi connectivity index (χ2v) is 7.29. The highest BCUT2D eigenvalue weighted by molar-refractivity contribution is 5.68. The molecule has 2 fully saturated rings. The topological polar surface area (TPSA) is 44.8 Å². The zero-order valence-electron chi connectivity index (χ0n) is 14.0. The molecule has 2 aliphatic heterocycles. The first-order valence-electron chi connectivity index (χ1n) is 8.33. The van der Waals surface area contributed by atoms with Gasteiger partial charge in [-0.2, -0.15) is 0 Å². The Morgan fingerprint density at radius 3 is 2.33 bits per heavy atom. The number of nitrogens with one attached hydrogen (secondary N) is 1. The largest absolute Gasteiger partial charge is 0.444 e. The highest BCUT2D eigenvalue weighted by Crippen LogP contribution is 2.17. The molecule has 0 radical (unpaired) electrons. The molecule has 0 aromatic heterocycles. The van der Waals surface area contributed by atoms with Crippen LogP contribution in [0.15, 0.2) is 0 Å². The van der Waals surface area contributed by atoms with E-state index in [0.717, 1.165) is 26.1 Å². The van der Waals surface area contributed by atoms with Crippen molar-refractivity contribution >= 4 is 6.09 Å². The van der Waals surface area contributed by atoms with Crippen LogP contribution in [0.25, 0.3) is 0 Å². The Balaban J connectivity index is 1.72. The molecule has 0 saturated carbocycles. The van der Waals surface area contributed by atoms with E-state index in [0.29, 0.717) is 12.1 Å². The van der Waals surface area contributed by atoms with Gasteiger partial charge in [0.15, 0.2) is 0 Å². The molecule has 2 saturated heterocycles. The third-order valence-electron chi connectivity index (χ3n) is 4.35. The maximum Gasteiger partial charge on any atom is 0.410 e. The Morgan fingerprint density at radius 2 is 1.76 bits per heavy atom. The molecule has 2 heterocycles. The normalized spacial score (nSPS) is 25.3. The maximum atomic E-state index is 12.0. The number of hydrogen-bond donors (Lipinski definition) is 1. The minimum absolute atomic E-state index is 0.174. The average Bonchev–Trinajstić information content (AvgIpc) is 2.86. The molecular weight excluding hydrogens is 266 g/mol. The molecule has 5 nitrogen and oxygen atoms in total. The summed E-state index contributed by atoms with van der Waals surface area (Å²) in [4.78, 5) is 16.4. The Morgan fingerprint density at radius 1 is 1.14 bits per heavy atom. The Labute approximate surface area is 129 Å². The first-order valence-corrected chi connectivity index (χ1v) is 8.33. The van der Waals surface area contributed by atoms with Crippen LogP contribution >= 0.6 is 0 Å². The second kappa shape index (κ2) is 6.97. The van der Waals surface area contributed by atoms with Crippen molar-refractivity contribution in [2.24, 2.45) is 0 Å². The van der Waals surface area contributed by atoms with Gasteiger partial charge in [0.2, 0.25) is 0 Å². The van der Waals surface area contributed by atoms with Gasteiger partial charge in [-0.1, -0.05) is 6.92 Å². The smallest absolute Gasteiger partial charge is 0.410 e. The van der Waals surface area contributed by atoms with Crippen molar-refractivity contribution in [1.82, 2.24) is 15.1 Å². The number of carbonyl (C=O) groups is 1. The molecule has 1 amide bonds. The number of ether oxygens (including phenoxy) is 1. The van der Waals surface area contributed by atoms with E-state index in [4.69, 9.17) is 4.74 Å². The van der Waals surface area contributed by atoms with Crippen LogP contribution in [-0.2, 0) is 4.74 Å². The number of nitrogens with zero attached hydrogens (tertiary/aromatic N) is 2. The van der Waals surface area contributed by atoms with Crippen molar-refractivity contribution in [1.29, 1.82) is 0 Å². The minimum atomic E-state index is -0.407. The predicted molar refractivity (Wildman–Crippen MR) is 84.5 cm³/mol. The van der Waals surface area contributed by atoms with E-state index in [1.165, 1.54) is 25.9 Å². The fourth-order valence-electron chi connectivity index (χ4n) is 3.14. The van der Waals surface area contributed by atoms with E-state index in [1.807, 2.05) is 25.7 Å². The van der Waals surface area contributed by atoms with Crippen LogP contribution in [0.3, 0.4) is 0 Å². The molecule has 21 heavy (non-hydrogen) atoms. The van der Waals surface area contributed by atoms with Crippen molar-refractivity contribution in [3.63, 3.8) is 0 Å². The van der Waals surface area contributed by atoms with Crippen LogP contribution in [0.2, 0.25) is 0 Å². The summed E-state index contributed by atoms with van der Waals surface area (Å²) in [5, 5.41) is 3.73.